The van der Waals surface area contributed by atoms with Crippen LogP contribution in [0.3, 0.4) is 0 Å². The summed E-state index contributed by atoms with van der Waals surface area (Å²) >= 11 is 10.4. The second-order valence-electron chi connectivity index (χ2n) is 5.72. The highest BCUT2D eigenvalue weighted by molar-refractivity contribution is 9.25. The van der Waals surface area contributed by atoms with Crippen LogP contribution in [0.25, 0.3) is 0 Å². The van der Waals surface area contributed by atoms with Crippen molar-refractivity contribution in [3.8, 4) is 0 Å². The Morgan fingerprint density at radius 2 is 1.64 bits per heavy atom. The van der Waals surface area contributed by atoms with E-state index in [4.69, 9.17) is 22.8 Å². The topological polar surface area (TPSA) is 80.3 Å². The van der Waals surface area contributed by atoms with Crippen molar-refractivity contribution in [3.63, 3.8) is 0 Å². The highest BCUT2D eigenvalue weighted by Crippen LogP contribution is 2.53. The molecule has 0 aromatic rings. The van der Waals surface area contributed by atoms with E-state index in [0.29, 0.717) is 5.33 Å². The number of ether oxygens (including phenoxy) is 1. The average Bonchev–Trinajstić information content (AvgIpc) is 2.45. The van der Waals surface area contributed by atoms with Gasteiger partial charge in [-0.1, -0.05) is 34.3 Å². The highest BCUT2D eigenvalue weighted by Gasteiger charge is 2.61. The molecule has 2 aliphatic heterocycles. The lowest BCUT2D eigenvalue weighted by atomic mass is 9.90. The minimum Gasteiger partial charge on any atom is -0.318 e. The average molecular weight is 549 g/mol. The maximum atomic E-state index is 11.6. The molecular formula is C10H15Br3O7P2+2. The number of rotatable bonds is 4. The molecule has 2 heterocycles. The van der Waals surface area contributed by atoms with Gasteiger partial charge in [-0.15, -0.1) is 13.6 Å². The summed E-state index contributed by atoms with van der Waals surface area (Å²) in [7, 11) is -4.45. The first-order valence-electron chi connectivity index (χ1n) is 6.24. The largest absolute Gasteiger partial charge is 0.700 e. The van der Waals surface area contributed by atoms with Crippen LogP contribution in [0.5, 0.6) is 0 Å². The zero-order valence-electron chi connectivity index (χ0n) is 11.8. The van der Waals surface area contributed by atoms with E-state index < -0.39 is 31.6 Å². The van der Waals surface area contributed by atoms with Crippen LogP contribution in [-0.4, -0.2) is 34.9 Å². The summed E-state index contributed by atoms with van der Waals surface area (Å²) in [5.74, 6) is 0. The van der Waals surface area contributed by atoms with E-state index in [1.165, 1.54) is 0 Å². The molecule has 0 saturated carbocycles. The monoisotopic (exact) mass is 546 g/mol. The van der Waals surface area contributed by atoms with Crippen molar-refractivity contribution in [1.29, 1.82) is 0 Å². The van der Waals surface area contributed by atoms with Crippen LogP contribution < -0.4 is 0 Å². The van der Waals surface area contributed by atoms with Gasteiger partial charge in [0.15, 0.2) is 3.42 Å². The molecule has 126 valence electrons. The maximum Gasteiger partial charge on any atom is 0.700 e. The summed E-state index contributed by atoms with van der Waals surface area (Å²) in [6.45, 7) is 4.09. The summed E-state index contributed by atoms with van der Waals surface area (Å²) in [4.78, 5) is 0. The second kappa shape index (κ2) is 7.36. The fourth-order valence-corrected chi connectivity index (χ4v) is 5.06. The van der Waals surface area contributed by atoms with Gasteiger partial charge in [-0.3, -0.25) is 0 Å². The zero-order chi connectivity index (χ0) is 16.6. The molecule has 0 amide bonds. The van der Waals surface area contributed by atoms with Gasteiger partial charge in [-0.25, -0.2) is 0 Å². The molecule has 0 aromatic carbocycles. The zero-order valence-corrected chi connectivity index (χ0v) is 18.3. The van der Waals surface area contributed by atoms with Gasteiger partial charge in [-0.2, -0.15) is 0 Å². The predicted molar refractivity (Wildman–Crippen MR) is 89.6 cm³/mol. The normalized spacial score (nSPS) is 34.1. The molecule has 0 bridgehead atoms. The molecule has 2 rings (SSSR count). The van der Waals surface area contributed by atoms with Gasteiger partial charge >= 0.3 is 16.5 Å². The molecule has 12 heteroatoms. The maximum absolute atomic E-state index is 11.6. The third kappa shape index (κ3) is 4.15. The smallest absolute Gasteiger partial charge is 0.318 e. The molecule has 2 unspecified atom stereocenters. The van der Waals surface area contributed by atoms with Gasteiger partial charge in [0.05, 0.1) is 0 Å². The molecule has 0 aliphatic carbocycles. The Morgan fingerprint density at radius 3 is 2.14 bits per heavy atom. The number of hydrogen-bond donors (Lipinski definition) is 0. The Morgan fingerprint density at radius 1 is 1.14 bits per heavy atom. The lowest BCUT2D eigenvalue weighted by Gasteiger charge is -2.42. The molecule has 0 aromatic heterocycles. The molecule has 7 nitrogen and oxygen atoms in total. The summed E-state index contributed by atoms with van der Waals surface area (Å²) < 4.78 is 48.5. The van der Waals surface area contributed by atoms with Gasteiger partial charge in [0.1, 0.15) is 25.2 Å². The van der Waals surface area contributed by atoms with Gasteiger partial charge in [0.25, 0.3) is 0 Å². The minimum atomic E-state index is -2.30. The van der Waals surface area contributed by atoms with Crippen molar-refractivity contribution in [2.45, 2.75) is 23.6 Å². The molecule has 1 spiro atoms. The van der Waals surface area contributed by atoms with Crippen LogP contribution >= 0.6 is 64.3 Å². The quantitative estimate of drug-likeness (QED) is 0.375. The summed E-state index contributed by atoms with van der Waals surface area (Å²) in [5.41, 5.74) is -1.22. The lowest BCUT2D eigenvalue weighted by molar-refractivity contribution is -0.236. The van der Waals surface area contributed by atoms with Gasteiger partial charge < -0.3 is 4.74 Å². The van der Waals surface area contributed by atoms with Gasteiger partial charge in [-0.05, 0) is 31.9 Å². The van der Waals surface area contributed by atoms with Crippen molar-refractivity contribution in [2.24, 2.45) is 10.8 Å². The molecular weight excluding hydrogens is 534 g/mol. The first-order chi connectivity index (χ1) is 10.1. The standard InChI is InChI=1S/C10H15Br3O7P2/c1-8(2,3-11)10(12,13)19-7-9(6-18-22(15)20-7)4-16-21(14)17-5-9/h7H,3-6H2,1-2H3/q+2. The lowest BCUT2D eigenvalue weighted by Crippen LogP contribution is -2.55. The van der Waals surface area contributed by atoms with Crippen molar-refractivity contribution in [2.75, 3.05) is 25.2 Å². The Balaban J connectivity index is 2.21. The van der Waals surface area contributed by atoms with Crippen molar-refractivity contribution < 1.29 is 32.0 Å². The van der Waals surface area contributed by atoms with E-state index >= 15 is 0 Å². The number of halogens is 3. The first kappa shape index (κ1) is 19.8. The molecule has 22 heavy (non-hydrogen) atoms. The molecule has 2 fully saturated rings. The van der Waals surface area contributed by atoms with Crippen molar-refractivity contribution in [1.82, 2.24) is 0 Å². The fraction of sp³-hybridized carbons (Fsp3) is 1.00. The third-order valence-electron chi connectivity index (χ3n) is 3.43. The van der Waals surface area contributed by atoms with E-state index in [-0.39, 0.29) is 25.2 Å². The fourth-order valence-electron chi connectivity index (χ4n) is 1.65. The Kier molecular flexibility index (Phi) is 6.61. The first-order valence-corrected chi connectivity index (χ1v) is 11.1. The number of hydrogen-bond acceptors (Lipinski definition) is 7. The van der Waals surface area contributed by atoms with Crippen LogP contribution in [-0.2, 0) is 32.0 Å². The van der Waals surface area contributed by atoms with Crippen LogP contribution in [0.2, 0.25) is 0 Å². The van der Waals surface area contributed by atoms with Crippen LogP contribution in [0.1, 0.15) is 13.8 Å². The van der Waals surface area contributed by atoms with E-state index in [9.17, 15) is 9.13 Å². The van der Waals surface area contributed by atoms with Gasteiger partial charge in [0.2, 0.25) is 6.29 Å². The Hall–Kier alpha value is 1.44. The summed E-state index contributed by atoms with van der Waals surface area (Å²) in [6.07, 6.45) is -0.925. The molecule has 2 saturated heterocycles. The van der Waals surface area contributed by atoms with Crippen LogP contribution in [0, 0.1) is 10.8 Å². The van der Waals surface area contributed by atoms with Gasteiger partial charge in [0, 0.05) is 19.9 Å². The van der Waals surface area contributed by atoms with E-state index in [2.05, 4.69) is 47.8 Å². The van der Waals surface area contributed by atoms with E-state index in [0.717, 1.165) is 0 Å². The minimum absolute atomic E-state index is 0.0564. The summed E-state index contributed by atoms with van der Waals surface area (Å²) in [6, 6.07) is 0. The van der Waals surface area contributed by atoms with E-state index in [1.54, 1.807) is 0 Å². The predicted octanol–water partition coefficient (Wildman–Crippen LogP) is 4.59. The molecule has 0 N–H and O–H groups in total. The van der Waals surface area contributed by atoms with Crippen molar-refractivity contribution >= 4 is 64.3 Å². The molecule has 2 atom stereocenters. The SMILES string of the molecule is CC(C)(CBr)C(Br)(Br)OC1O[P+](=O)OCC12CO[P+](=O)OC2. The Bertz CT molecular complexity index is 455. The molecule has 0 radical (unpaired) electrons. The number of alkyl halides is 3. The highest BCUT2D eigenvalue weighted by atomic mass is 79.9. The molecule has 2 aliphatic rings. The summed E-state index contributed by atoms with van der Waals surface area (Å²) in [5, 5.41) is 0.623. The third-order valence-corrected chi connectivity index (χ3v) is 8.74. The van der Waals surface area contributed by atoms with E-state index in [1.807, 2.05) is 13.8 Å². The van der Waals surface area contributed by atoms with Crippen LogP contribution in [0.15, 0.2) is 0 Å². The Labute approximate surface area is 155 Å². The van der Waals surface area contributed by atoms with Crippen molar-refractivity contribution in [3.05, 3.63) is 0 Å². The van der Waals surface area contributed by atoms with Crippen LogP contribution in [0.4, 0.5) is 0 Å². The second-order valence-corrected chi connectivity index (χ2v) is 11.5.